The lowest BCUT2D eigenvalue weighted by Crippen LogP contribution is -2.51. The van der Waals surface area contributed by atoms with Gasteiger partial charge in [-0.3, -0.25) is 0 Å². The maximum absolute atomic E-state index is 5.82. The number of hydrogen-bond donors (Lipinski definition) is 2. The van der Waals surface area contributed by atoms with Crippen LogP contribution in [0.25, 0.3) is 0 Å². The summed E-state index contributed by atoms with van der Waals surface area (Å²) < 4.78 is 0. The minimum absolute atomic E-state index is 0.144. The van der Waals surface area contributed by atoms with Crippen LogP contribution in [0.15, 0.2) is 37.0 Å². The third kappa shape index (κ3) is 1.03. The van der Waals surface area contributed by atoms with E-state index in [9.17, 15) is 0 Å². The van der Waals surface area contributed by atoms with Crippen molar-refractivity contribution in [3.63, 3.8) is 0 Å². The van der Waals surface area contributed by atoms with Gasteiger partial charge in [0, 0.05) is 6.04 Å². The molecule has 1 rings (SSSR count). The summed E-state index contributed by atoms with van der Waals surface area (Å²) in [5.41, 5.74) is 11.0. The predicted molar refractivity (Wildman–Crippen MR) is 43.4 cm³/mol. The van der Waals surface area contributed by atoms with E-state index >= 15 is 0 Å². The van der Waals surface area contributed by atoms with Crippen molar-refractivity contribution in [3.05, 3.63) is 37.0 Å². The van der Waals surface area contributed by atoms with Gasteiger partial charge in [-0.1, -0.05) is 30.4 Å². The monoisotopic (exact) mass is 136 g/mol. The lowest BCUT2D eigenvalue weighted by Gasteiger charge is -2.28. The fourth-order valence-corrected chi connectivity index (χ4v) is 0.888. The molecule has 54 valence electrons. The van der Waals surface area contributed by atoms with Crippen LogP contribution in [-0.4, -0.2) is 11.6 Å². The summed E-state index contributed by atoms with van der Waals surface area (Å²) in [6.45, 7) is 3.62. The zero-order valence-electron chi connectivity index (χ0n) is 5.83. The zero-order valence-corrected chi connectivity index (χ0v) is 5.83. The molecule has 1 aliphatic rings. The Morgan fingerprint density at radius 1 is 1.50 bits per heavy atom. The molecule has 0 saturated heterocycles. The molecule has 1 aliphatic carbocycles. The van der Waals surface area contributed by atoms with E-state index in [0.29, 0.717) is 0 Å². The Labute approximate surface area is 60.9 Å². The summed E-state index contributed by atoms with van der Waals surface area (Å²) in [6.07, 6.45) is 9.15. The zero-order chi connectivity index (χ0) is 7.61. The van der Waals surface area contributed by atoms with Gasteiger partial charge in [0.1, 0.15) is 0 Å². The van der Waals surface area contributed by atoms with Gasteiger partial charge in [0.05, 0.1) is 5.54 Å². The standard InChI is InChI=1S/C8H12N2/c1-2-8(10)6-4-3-5-7(8)9/h2-7H,1,9-10H2/t7?,8-/m0/s1. The molecule has 2 nitrogen and oxygen atoms in total. The molecule has 10 heavy (non-hydrogen) atoms. The molecule has 0 amide bonds. The minimum atomic E-state index is -0.547. The van der Waals surface area contributed by atoms with Gasteiger partial charge < -0.3 is 11.5 Å². The molecule has 0 bridgehead atoms. The first-order valence-electron chi connectivity index (χ1n) is 3.23. The Kier molecular flexibility index (Phi) is 1.74. The Balaban J connectivity index is 2.87. The van der Waals surface area contributed by atoms with Gasteiger partial charge in [-0.2, -0.15) is 0 Å². The van der Waals surface area contributed by atoms with Gasteiger partial charge in [0.25, 0.3) is 0 Å². The smallest absolute Gasteiger partial charge is 0.0715 e. The normalized spacial score (nSPS) is 38.0. The highest BCUT2D eigenvalue weighted by molar-refractivity contribution is 5.31. The van der Waals surface area contributed by atoms with Crippen LogP contribution < -0.4 is 11.5 Å². The molecule has 0 aromatic carbocycles. The summed E-state index contributed by atoms with van der Waals surface area (Å²) in [6, 6.07) is -0.144. The van der Waals surface area contributed by atoms with Crippen LogP contribution in [0.4, 0.5) is 0 Å². The van der Waals surface area contributed by atoms with Crippen molar-refractivity contribution in [2.24, 2.45) is 11.5 Å². The Hall–Kier alpha value is -0.860. The van der Waals surface area contributed by atoms with Crippen LogP contribution in [0.1, 0.15) is 0 Å². The topological polar surface area (TPSA) is 52.0 Å². The molecule has 2 atom stereocenters. The predicted octanol–water partition coefficient (Wildman–Crippen LogP) is 0.323. The average Bonchev–Trinajstić information content (AvgIpc) is 1.96. The van der Waals surface area contributed by atoms with Gasteiger partial charge in [0.2, 0.25) is 0 Å². The Bertz CT molecular complexity index is 193. The number of nitrogens with two attached hydrogens (primary N) is 2. The second kappa shape index (κ2) is 2.40. The molecule has 0 radical (unpaired) electrons. The highest BCUT2D eigenvalue weighted by atomic mass is 14.8. The van der Waals surface area contributed by atoms with Crippen LogP contribution in [0.5, 0.6) is 0 Å². The van der Waals surface area contributed by atoms with Crippen LogP contribution in [0, 0.1) is 0 Å². The third-order valence-electron chi connectivity index (χ3n) is 1.75. The molecule has 0 aromatic rings. The second-order valence-corrected chi connectivity index (χ2v) is 2.47. The van der Waals surface area contributed by atoms with Gasteiger partial charge in [-0.25, -0.2) is 0 Å². The van der Waals surface area contributed by atoms with Crippen LogP contribution in [0.2, 0.25) is 0 Å². The van der Waals surface area contributed by atoms with Gasteiger partial charge in [-0.05, 0) is 0 Å². The van der Waals surface area contributed by atoms with E-state index < -0.39 is 5.54 Å². The largest absolute Gasteiger partial charge is 0.322 e. The Morgan fingerprint density at radius 3 is 2.60 bits per heavy atom. The molecule has 2 heteroatoms. The summed E-state index contributed by atoms with van der Waals surface area (Å²) in [7, 11) is 0. The maximum atomic E-state index is 5.82. The first-order chi connectivity index (χ1) is 4.69. The molecule has 0 spiro atoms. The first kappa shape index (κ1) is 7.25. The van der Waals surface area contributed by atoms with Crippen molar-refractivity contribution < 1.29 is 0 Å². The van der Waals surface area contributed by atoms with Gasteiger partial charge in [-0.15, -0.1) is 6.58 Å². The second-order valence-electron chi connectivity index (χ2n) is 2.47. The van der Waals surface area contributed by atoms with Gasteiger partial charge in [0.15, 0.2) is 0 Å². The fourth-order valence-electron chi connectivity index (χ4n) is 0.888. The third-order valence-corrected chi connectivity index (χ3v) is 1.75. The summed E-state index contributed by atoms with van der Waals surface area (Å²) >= 11 is 0. The van der Waals surface area contributed by atoms with Gasteiger partial charge >= 0.3 is 0 Å². The molecule has 4 N–H and O–H groups in total. The highest BCUT2D eigenvalue weighted by Crippen LogP contribution is 2.13. The quantitative estimate of drug-likeness (QED) is 0.510. The maximum Gasteiger partial charge on any atom is 0.0715 e. The SMILES string of the molecule is C=C[C@]1(N)C=CC=CC1N. The minimum Gasteiger partial charge on any atom is -0.322 e. The van der Waals surface area contributed by atoms with Crippen molar-refractivity contribution in [2.45, 2.75) is 11.6 Å². The van der Waals surface area contributed by atoms with E-state index in [1.807, 2.05) is 24.3 Å². The van der Waals surface area contributed by atoms with Crippen molar-refractivity contribution >= 4 is 0 Å². The molecule has 0 saturated carbocycles. The van der Waals surface area contributed by atoms with Crippen molar-refractivity contribution in [2.75, 3.05) is 0 Å². The van der Waals surface area contributed by atoms with E-state index in [2.05, 4.69) is 6.58 Å². The van der Waals surface area contributed by atoms with Crippen molar-refractivity contribution in [1.82, 2.24) is 0 Å². The molecule has 0 aliphatic heterocycles. The summed E-state index contributed by atoms with van der Waals surface area (Å²) in [4.78, 5) is 0. The number of rotatable bonds is 1. The van der Waals surface area contributed by atoms with Crippen molar-refractivity contribution in [1.29, 1.82) is 0 Å². The molecule has 1 unspecified atom stereocenters. The van der Waals surface area contributed by atoms with Crippen LogP contribution >= 0.6 is 0 Å². The summed E-state index contributed by atoms with van der Waals surface area (Å²) in [5.74, 6) is 0. The molecule has 0 heterocycles. The molecular formula is C8H12N2. The van der Waals surface area contributed by atoms with Crippen LogP contribution in [0.3, 0.4) is 0 Å². The highest BCUT2D eigenvalue weighted by Gasteiger charge is 2.25. The van der Waals surface area contributed by atoms with Crippen LogP contribution in [-0.2, 0) is 0 Å². The molecule has 0 fully saturated rings. The Morgan fingerprint density at radius 2 is 2.20 bits per heavy atom. The lowest BCUT2D eigenvalue weighted by atomic mass is 9.88. The molecule has 0 aromatic heterocycles. The fraction of sp³-hybridized carbons (Fsp3) is 0.250. The first-order valence-corrected chi connectivity index (χ1v) is 3.23. The van der Waals surface area contributed by atoms with E-state index in [0.717, 1.165) is 0 Å². The van der Waals surface area contributed by atoms with E-state index in [-0.39, 0.29) is 6.04 Å². The average molecular weight is 136 g/mol. The number of allylic oxidation sites excluding steroid dienone is 2. The van der Waals surface area contributed by atoms with Crippen molar-refractivity contribution in [3.8, 4) is 0 Å². The number of hydrogen-bond acceptors (Lipinski definition) is 2. The van der Waals surface area contributed by atoms with E-state index in [4.69, 9.17) is 11.5 Å². The molecular weight excluding hydrogens is 124 g/mol. The van der Waals surface area contributed by atoms with E-state index in [1.165, 1.54) is 0 Å². The van der Waals surface area contributed by atoms with E-state index in [1.54, 1.807) is 6.08 Å². The summed E-state index contributed by atoms with van der Waals surface area (Å²) in [5, 5.41) is 0. The lowest BCUT2D eigenvalue weighted by molar-refractivity contribution is 0.572.